The molecule has 4 heteroatoms. The smallest absolute Gasteiger partial charge is 0.169 e. The maximum Gasteiger partial charge on any atom is 0.404 e. The molecule has 0 unspecified atom stereocenters. The number of terminal acetylenes is 1. The Balaban J connectivity index is 0.00000106. The fraction of sp³-hybridized carbons (Fsp3) is 0.333. The highest BCUT2D eigenvalue weighted by Gasteiger charge is 2.40. The van der Waals surface area contributed by atoms with E-state index in [0.717, 1.165) is 11.8 Å². The van der Waals surface area contributed by atoms with Crippen LogP contribution in [0.2, 0.25) is 0 Å². The van der Waals surface area contributed by atoms with Gasteiger partial charge in [0.2, 0.25) is 0 Å². The molecule has 1 rings (SSSR count). The molecule has 0 N–H and O–H groups in total. The Labute approximate surface area is 98.2 Å². The molecule has 0 fully saturated rings. The first-order chi connectivity index (χ1) is 7.55. The van der Waals surface area contributed by atoms with Crippen LogP contribution in [0.5, 0.6) is 0 Å². The molecule has 16 heavy (non-hydrogen) atoms. The van der Waals surface area contributed by atoms with Gasteiger partial charge in [-0.2, -0.15) is 13.2 Å². The molecule has 0 nitrogen and oxygen atoms in total. The van der Waals surface area contributed by atoms with Crippen LogP contribution in [0.15, 0.2) is 30.3 Å². The van der Waals surface area contributed by atoms with E-state index < -0.39 is 11.4 Å². The van der Waals surface area contributed by atoms with Crippen molar-refractivity contribution in [2.75, 3.05) is 5.75 Å². The van der Waals surface area contributed by atoms with Crippen LogP contribution < -0.4 is 0 Å². The van der Waals surface area contributed by atoms with Gasteiger partial charge in [-0.25, -0.2) is 0 Å². The lowest BCUT2D eigenvalue weighted by atomic mass is 10.1. The lowest BCUT2D eigenvalue weighted by Gasteiger charge is -2.19. The molecule has 0 aliphatic carbocycles. The summed E-state index contributed by atoms with van der Waals surface area (Å²) in [6.45, 7) is 1.73. The molecule has 0 aliphatic rings. The molecule has 1 aromatic carbocycles. The highest BCUT2D eigenvalue weighted by molar-refractivity contribution is 7.99. The minimum absolute atomic E-state index is 0.326. The Hall–Kier alpha value is -1.08. The van der Waals surface area contributed by atoms with Crippen LogP contribution in [-0.2, 0) is 0 Å². The summed E-state index contributed by atoms with van der Waals surface area (Å²) in [7, 11) is 0. The number of hydrogen-bond donors (Lipinski definition) is 0. The lowest BCUT2D eigenvalue weighted by Crippen LogP contribution is -2.18. The predicted molar refractivity (Wildman–Crippen MR) is 63.3 cm³/mol. The molecule has 0 aromatic heterocycles. The number of hydrogen-bond acceptors (Lipinski definition) is 1. The molecule has 0 bridgehead atoms. The van der Waals surface area contributed by atoms with Gasteiger partial charge in [-0.1, -0.05) is 37.3 Å². The first-order valence-electron chi connectivity index (χ1n) is 4.62. The maximum absolute atomic E-state index is 12.6. The lowest BCUT2D eigenvalue weighted by molar-refractivity contribution is -0.129. The zero-order valence-electron chi connectivity index (χ0n) is 8.87. The molecule has 1 atom stereocenters. The van der Waals surface area contributed by atoms with Crippen molar-refractivity contribution >= 4 is 11.8 Å². The molecule has 0 heterocycles. The Morgan fingerprint density at radius 3 is 2.06 bits per heavy atom. The monoisotopic (exact) mass is 246 g/mol. The Kier molecular flexibility index (Phi) is 6.75. The van der Waals surface area contributed by atoms with Gasteiger partial charge in [0.05, 0.1) is 0 Å². The van der Waals surface area contributed by atoms with E-state index in [1.54, 1.807) is 25.1 Å². The van der Waals surface area contributed by atoms with E-state index in [4.69, 9.17) is 0 Å². The standard InChI is InChI=1S/C10H11F3S.C2H2/c1-2-14-9(10(11,12)13)8-6-4-3-5-7-8;1-2/h3-7,9H,2H2,1H3;1-2H/t9-;/m0./s1. The third kappa shape index (κ3) is 4.63. The summed E-state index contributed by atoms with van der Waals surface area (Å²) >= 11 is 0.911. The molecule has 0 radical (unpaired) electrons. The first-order valence-corrected chi connectivity index (χ1v) is 5.67. The van der Waals surface area contributed by atoms with Gasteiger partial charge < -0.3 is 0 Å². The zero-order valence-corrected chi connectivity index (χ0v) is 9.68. The van der Waals surface area contributed by atoms with Crippen molar-refractivity contribution in [3.63, 3.8) is 0 Å². The van der Waals surface area contributed by atoms with E-state index in [9.17, 15) is 13.2 Å². The summed E-state index contributed by atoms with van der Waals surface area (Å²) in [4.78, 5) is 0. The molecular weight excluding hydrogens is 233 g/mol. The normalized spacial score (nSPS) is 12.4. The molecule has 1 aromatic rings. The van der Waals surface area contributed by atoms with Crippen molar-refractivity contribution in [3.8, 4) is 12.8 Å². The van der Waals surface area contributed by atoms with Crippen molar-refractivity contribution in [3.05, 3.63) is 35.9 Å². The summed E-state index contributed by atoms with van der Waals surface area (Å²) < 4.78 is 37.7. The van der Waals surface area contributed by atoms with Gasteiger partial charge in [0.25, 0.3) is 0 Å². The van der Waals surface area contributed by atoms with E-state index in [1.807, 2.05) is 0 Å². The van der Waals surface area contributed by atoms with Gasteiger partial charge in [0.15, 0.2) is 0 Å². The predicted octanol–water partition coefficient (Wildman–Crippen LogP) is 4.29. The zero-order chi connectivity index (χ0) is 12.6. The molecule has 0 aliphatic heterocycles. The molecule has 88 valence electrons. The fourth-order valence-corrected chi connectivity index (χ4v) is 2.05. The van der Waals surface area contributed by atoms with Crippen LogP contribution in [-0.4, -0.2) is 11.9 Å². The molecule has 0 saturated carbocycles. The van der Waals surface area contributed by atoms with Crippen molar-refractivity contribution in [2.24, 2.45) is 0 Å². The first kappa shape index (κ1) is 14.9. The second-order valence-electron chi connectivity index (χ2n) is 2.79. The van der Waals surface area contributed by atoms with E-state index >= 15 is 0 Å². The van der Waals surface area contributed by atoms with Crippen molar-refractivity contribution < 1.29 is 13.2 Å². The van der Waals surface area contributed by atoms with Gasteiger partial charge in [0, 0.05) is 0 Å². The summed E-state index contributed by atoms with van der Waals surface area (Å²) in [5.41, 5.74) is 0.326. The third-order valence-electron chi connectivity index (χ3n) is 1.73. The average molecular weight is 246 g/mol. The van der Waals surface area contributed by atoms with Gasteiger partial charge in [-0.05, 0) is 11.3 Å². The summed E-state index contributed by atoms with van der Waals surface area (Å²) in [6.07, 6.45) is 3.84. The highest BCUT2D eigenvalue weighted by Crippen LogP contribution is 2.42. The number of benzene rings is 1. The van der Waals surface area contributed by atoms with Crippen LogP contribution in [0.3, 0.4) is 0 Å². The van der Waals surface area contributed by atoms with Crippen LogP contribution >= 0.6 is 11.8 Å². The van der Waals surface area contributed by atoms with Crippen molar-refractivity contribution in [1.29, 1.82) is 0 Å². The third-order valence-corrected chi connectivity index (χ3v) is 2.94. The number of halogens is 3. The second-order valence-corrected chi connectivity index (χ2v) is 4.17. The minimum atomic E-state index is -4.16. The van der Waals surface area contributed by atoms with Crippen LogP contribution in [0.1, 0.15) is 17.7 Å². The molecule has 0 amide bonds. The van der Waals surface area contributed by atoms with Crippen LogP contribution in [0.25, 0.3) is 0 Å². The quantitative estimate of drug-likeness (QED) is 0.717. The SMILES string of the molecule is C#C.CCS[C@@H](c1ccccc1)C(F)(F)F. The largest absolute Gasteiger partial charge is 0.404 e. The van der Waals surface area contributed by atoms with E-state index in [1.165, 1.54) is 12.1 Å². The Morgan fingerprint density at radius 2 is 1.69 bits per heavy atom. The minimum Gasteiger partial charge on any atom is -0.169 e. The average Bonchev–Trinajstić information content (AvgIpc) is 2.28. The number of thioether (sulfide) groups is 1. The van der Waals surface area contributed by atoms with Gasteiger partial charge in [0.1, 0.15) is 5.25 Å². The Morgan fingerprint density at radius 1 is 1.19 bits per heavy atom. The number of rotatable bonds is 3. The summed E-state index contributed by atoms with van der Waals surface area (Å²) in [5, 5.41) is -1.39. The fourth-order valence-electron chi connectivity index (χ4n) is 1.17. The van der Waals surface area contributed by atoms with Crippen molar-refractivity contribution in [2.45, 2.75) is 18.3 Å². The van der Waals surface area contributed by atoms with E-state index in [2.05, 4.69) is 12.8 Å². The summed E-state index contributed by atoms with van der Waals surface area (Å²) in [5.74, 6) is 0.457. The maximum atomic E-state index is 12.6. The second kappa shape index (κ2) is 7.24. The highest BCUT2D eigenvalue weighted by atomic mass is 32.2. The van der Waals surface area contributed by atoms with Crippen LogP contribution in [0.4, 0.5) is 13.2 Å². The van der Waals surface area contributed by atoms with Gasteiger partial charge in [-0.3, -0.25) is 0 Å². The van der Waals surface area contributed by atoms with E-state index in [0.29, 0.717) is 11.3 Å². The molecule has 0 saturated heterocycles. The molecule has 0 spiro atoms. The van der Waals surface area contributed by atoms with Gasteiger partial charge in [-0.15, -0.1) is 24.6 Å². The van der Waals surface area contributed by atoms with E-state index in [-0.39, 0.29) is 0 Å². The Bertz CT molecular complexity index is 303. The molecular formula is C12H13F3S. The summed E-state index contributed by atoms with van der Waals surface area (Å²) in [6, 6.07) is 8.00. The number of alkyl halides is 3. The van der Waals surface area contributed by atoms with Gasteiger partial charge >= 0.3 is 6.18 Å². The van der Waals surface area contributed by atoms with Crippen LogP contribution in [0, 0.1) is 12.8 Å². The van der Waals surface area contributed by atoms with Crippen molar-refractivity contribution in [1.82, 2.24) is 0 Å². The topological polar surface area (TPSA) is 0 Å².